The number of amides is 1. The molecule has 3 rings (SSSR count). The van der Waals surface area contributed by atoms with Gasteiger partial charge < -0.3 is 89.9 Å². The number of nitrogens with one attached hydrogen (secondary N) is 1. The molecule has 486 valence electrons. The van der Waals surface area contributed by atoms with Gasteiger partial charge in [0.2, 0.25) is 5.91 Å². The van der Waals surface area contributed by atoms with Gasteiger partial charge in [0.25, 0.3) is 0 Å². The van der Waals surface area contributed by atoms with Crippen molar-refractivity contribution in [2.24, 2.45) is 0 Å². The molecule has 0 radical (unpaired) electrons. The molecule has 0 saturated carbocycles. The van der Waals surface area contributed by atoms with Gasteiger partial charge in [0, 0.05) is 6.42 Å². The third-order valence-corrected chi connectivity index (χ3v) is 17.2. The van der Waals surface area contributed by atoms with Crippen molar-refractivity contribution in [1.82, 2.24) is 5.32 Å². The Morgan fingerprint density at radius 2 is 0.695 bits per heavy atom. The maximum absolute atomic E-state index is 13.4. The topological polar surface area (TPSA) is 307 Å². The quantitative estimate of drug-likeness (QED) is 0.0262. The summed E-state index contributed by atoms with van der Waals surface area (Å²) in [7, 11) is 0. The normalized spacial score (nSPS) is 29.5. The molecule has 17 unspecified atom stereocenters. The van der Waals surface area contributed by atoms with Crippen molar-refractivity contribution >= 4 is 5.91 Å². The summed E-state index contributed by atoms with van der Waals surface area (Å²) in [5, 5.41) is 121. The molecule has 3 fully saturated rings. The Labute approximate surface area is 493 Å². The number of ether oxygens (including phenoxy) is 6. The van der Waals surface area contributed by atoms with Gasteiger partial charge in [0.1, 0.15) is 73.2 Å². The van der Waals surface area contributed by atoms with Gasteiger partial charge in [-0.25, -0.2) is 0 Å². The van der Waals surface area contributed by atoms with Crippen LogP contribution in [0.4, 0.5) is 0 Å². The standard InChI is InChI=1S/C63H121NO18/c1-3-5-7-9-11-13-15-17-19-21-22-23-24-25-26-28-30-32-34-36-38-40-47(68)46(64-51(69)41-39-37-35-33-31-29-27-20-18-16-14-12-10-8-6-4-2)45-77-61-57(75)54(72)59(49(43-66)79-61)82-63-58(76)55(73)60(50(44-67)80-63)81-62-56(74)53(71)52(70)48(42-65)78-62/h46-50,52-63,65-68,70-76H,3-45H2,1-2H3,(H,64,69). The van der Waals surface area contributed by atoms with E-state index in [4.69, 9.17) is 28.4 Å². The van der Waals surface area contributed by atoms with E-state index in [0.717, 1.165) is 44.9 Å². The number of hydrogen-bond acceptors (Lipinski definition) is 18. The van der Waals surface area contributed by atoms with Crippen LogP contribution >= 0.6 is 0 Å². The van der Waals surface area contributed by atoms with E-state index in [1.807, 2.05) is 0 Å². The smallest absolute Gasteiger partial charge is 0.220 e. The van der Waals surface area contributed by atoms with Gasteiger partial charge in [-0.1, -0.05) is 245 Å². The lowest BCUT2D eigenvalue weighted by molar-refractivity contribution is -0.379. The van der Waals surface area contributed by atoms with E-state index in [2.05, 4.69) is 19.2 Å². The van der Waals surface area contributed by atoms with Crippen LogP contribution in [0.3, 0.4) is 0 Å². The Kier molecular flexibility index (Phi) is 42.9. The highest BCUT2D eigenvalue weighted by atomic mass is 16.8. The van der Waals surface area contributed by atoms with E-state index in [1.54, 1.807) is 0 Å². The summed E-state index contributed by atoms with van der Waals surface area (Å²) in [6, 6.07) is -0.881. The van der Waals surface area contributed by atoms with Crippen LogP contribution in [0.2, 0.25) is 0 Å². The summed E-state index contributed by atoms with van der Waals surface area (Å²) in [6.45, 7) is 1.83. The lowest BCUT2D eigenvalue weighted by Crippen LogP contribution is -2.66. The molecule has 19 nitrogen and oxygen atoms in total. The zero-order valence-electron chi connectivity index (χ0n) is 51.0. The van der Waals surface area contributed by atoms with Crippen molar-refractivity contribution in [1.29, 1.82) is 0 Å². The first kappa shape index (κ1) is 75.0. The molecule has 0 aromatic rings. The highest BCUT2D eigenvalue weighted by molar-refractivity contribution is 5.76. The fourth-order valence-corrected chi connectivity index (χ4v) is 11.7. The summed E-state index contributed by atoms with van der Waals surface area (Å²) in [4.78, 5) is 13.4. The van der Waals surface area contributed by atoms with Gasteiger partial charge in [0.05, 0.1) is 38.6 Å². The number of hydrogen-bond donors (Lipinski definition) is 12. The van der Waals surface area contributed by atoms with Gasteiger partial charge in [-0.15, -0.1) is 0 Å². The minimum Gasteiger partial charge on any atom is -0.394 e. The fourth-order valence-electron chi connectivity index (χ4n) is 11.7. The monoisotopic (exact) mass is 1180 g/mol. The van der Waals surface area contributed by atoms with Crippen molar-refractivity contribution < 1.29 is 89.4 Å². The summed E-state index contributed by atoms with van der Waals surface area (Å²) < 4.78 is 34.4. The molecule has 0 aromatic carbocycles. The maximum atomic E-state index is 13.4. The average molecular weight is 1180 g/mol. The molecule has 3 heterocycles. The average Bonchev–Trinajstić information content (AvgIpc) is 3.40. The largest absolute Gasteiger partial charge is 0.394 e. The number of aliphatic hydroxyl groups excluding tert-OH is 11. The Balaban J connectivity index is 1.45. The highest BCUT2D eigenvalue weighted by Gasteiger charge is 2.53. The molecule has 82 heavy (non-hydrogen) atoms. The number of carbonyl (C=O) groups excluding carboxylic acids is 1. The van der Waals surface area contributed by atoms with Crippen molar-refractivity contribution in [3.63, 3.8) is 0 Å². The van der Waals surface area contributed by atoms with Gasteiger partial charge in [-0.05, 0) is 12.8 Å². The van der Waals surface area contributed by atoms with Crippen LogP contribution in [-0.4, -0.2) is 193 Å². The highest BCUT2D eigenvalue weighted by Crippen LogP contribution is 2.33. The number of carbonyl (C=O) groups is 1. The van der Waals surface area contributed by atoms with Crippen LogP contribution in [0.15, 0.2) is 0 Å². The Hall–Kier alpha value is -1.21. The van der Waals surface area contributed by atoms with Gasteiger partial charge in [-0.2, -0.15) is 0 Å². The van der Waals surface area contributed by atoms with Crippen molar-refractivity contribution in [2.45, 2.75) is 369 Å². The van der Waals surface area contributed by atoms with Crippen molar-refractivity contribution in [3.8, 4) is 0 Å². The second kappa shape index (κ2) is 46.9. The molecule has 0 aliphatic carbocycles. The molecule has 1 amide bonds. The molecule has 3 saturated heterocycles. The molecular formula is C63H121NO18. The van der Waals surface area contributed by atoms with Gasteiger partial charge in [0.15, 0.2) is 18.9 Å². The first-order valence-corrected chi connectivity index (χ1v) is 33.3. The lowest BCUT2D eigenvalue weighted by atomic mass is 9.96. The van der Waals surface area contributed by atoms with E-state index in [-0.39, 0.29) is 18.9 Å². The Bertz CT molecular complexity index is 1500. The molecule has 0 aromatic heterocycles. The molecular weight excluding hydrogens is 1060 g/mol. The molecule has 3 aliphatic heterocycles. The van der Waals surface area contributed by atoms with E-state index in [0.29, 0.717) is 12.8 Å². The molecule has 3 aliphatic rings. The number of aliphatic hydroxyl groups is 11. The van der Waals surface area contributed by atoms with Crippen LogP contribution in [0.5, 0.6) is 0 Å². The zero-order valence-corrected chi connectivity index (χ0v) is 51.0. The molecule has 0 bridgehead atoms. The van der Waals surface area contributed by atoms with Crippen LogP contribution in [-0.2, 0) is 33.2 Å². The Morgan fingerprint density at radius 3 is 1.06 bits per heavy atom. The Morgan fingerprint density at radius 1 is 0.390 bits per heavy atom. The van der Waals surface area contributed by atoms with Crippen molar-refractivity contribution in [3.05, 3.63) is 0 Å². The molecule has 0 spiro atoms. The minimum absolute atomic E-state index is 0.237. The zero-order chi connectivity index (χ0) is 59.7. The molecule has 17 atom stereocenters. The summed E-state index contributed by atoms with van der Waals surface area (Å²) >= 11 is 0. The third kappa shape index (κ3) is 29.7. The summed E-state index contributed by atoms with van der Waals surface area (Å²) in [6.07, 6.45) is 20.3. The summed E-state index contributed by atoms with van der Waals surface area (Å²) in [5.41, 5.74) is 0. The van der Waals surface area contributed by atoms with Crippen molar-refractivity contribution in [2.75, 3.05) is 26.4 Å². The van der Waals surface area contributed by atoms with E-state index < -0.39 is 124 Å². The van der Waals surface area contributed by atoms with Crippen LogP contribution in [0.1, 0.15) is 264 Å². The predicted octanol–water partition coefficient (Wildman–Crippen LogP) is 7.55. The third-order valence-electron chi connectivity index (χ3n) is 17.2. The van der Waals surface area contributed by atoms with E-state index in [9.17, 15) is 61.0 Å². The van der Waals surface area contributed by atoms with E-state index >= 15 is 0 Å². The minimum atomic E-state index is -1.97. The lowest BCUT2D eigenvalue weighted by Gasteiger charge is -2.48. The van der Waals surface area contributed by atoms with Crippen LogP contribution in [0, 0.1) is 0 Å². The van der Waals surface area contributed by atoms with Crippen LogP contribution in [0.25, 0.3) is 0 Å². The second-order valence-electron chi connectivity index (χ2n) is 24.3. The SMILES string of the molecule is CCCCCCCCCCCCCCCCCCCCCCCC(O)C(COC1OC(CO)C(OC2OC(CO)C(OC3OC(CO)C(O)C(O)C3O)C(O)C2O)C(O)C1O)NC(=O)CCCCCCCCCCCCCCCCCC. The summed E-state index contributed by atoms with van der Waals surface area (Å²) in [5.74, 6) is -0.237. The first-order chi connectivity index (χ1) is 39.8. The second-order valence-corrected chi connectivity index (χ2v) is 24.3. The first-order valence-electron chi connectivity index (χ1n) is 33.3. The molecule has 12 N–H and O–H groups in total. The maximum Gasteiger partial charge on any atom is 0.220 e. The van der Waals surface area contributed by atoms with Gasteiger partial charge >= 0.3 is 0 Å². The van der Waals surface area contributed by atoms with E-state index in [1.165, 1.54) is 186 Å². The molecule has 19 heteroatoms. The van der Waals surface area contributed by atoms with Crippen LogP contribution < -0.4 is 5.32 Å². The number of rotatable bonds is 51. The van der Waals surface area contributed by atoms with Gasteiger partial charge in [-0.3, -0.25) is 4.79 Å². The number of unbranched alkanes of at least 4 members (excludes halogenated alkanes) is 35. The predicted molar refractivity (Wildman–Crippen MR) is 314 cm³/mol. The fraction of sp³-hybridized carbons (Fsp3) is 0.984.